The number of hydrogen-bond acceptors (Lipinski definition) is 2. The SMILES string of the molecule is Cc1ccc(C(O)/C(Cl)=C(\Cl)Oc2ccccc2)cc1. The van der Waals surface area contributed by atoms with E-state index >= 15 is 0 Å². The van der Waals surface area contributed by atoms with Crippen LogP contribution in [0.4, 0.5) is 0 Å². The third-order valence-corrected chi connectivity index (χ3v) is 3.53. The summed E-state index contributed by atoms with van der Waals surface area (Å²) < 4.78 is 5.40. The molecule has 0 aliphatic heterocycles. The Bertz CT molecular complexity index is 592. The summed E-state index contributed by atoms with van der Waals surface area (Å²) in [5.74, 6) is 0.562. The topological polar surface area (TPSA) is 29.5 Å². The summed E-state index contributed by atoms with van der Waals surface area (Å²) in [6.45, 7) is 1.97. The van der Waals surface area contributed by atoms with Crippen LogP contribution in [0.1, 0.15) is 17.2 Å². The Morgan fingerprint density at radius 2 is 1.60 bits per heavy atom. The molecule has 1 atom stereocenters. The smallest absolute Gasteiger partial charge is 0.211 e. The van der Waals surface area contributed by atoms with Gasteiger partial charge in [0, 0.05) is 0 Å². The molecule has 0 saturated carbocycles. The van der Waals surface area contributed by atoms with E-state index in [0.717, 1.165) is 5.56 Å². The summed E-state index contributed by atoms with van der Waals surface area (Å²) in [5.41, 5.74) is 1.77. The van der Waals surface area contributed by atoms with Crippen LogP contribution in [0.15, 0.2) is 64.8 Å². The fraction of sp³-hybridized carbons (Fsp3) is 0.125. The Hall–Kier alpha value is -1.48. The highest BCUT2D eigenvalue weighted by Gasteiger charge is 2.17. The first-order chi connectivity index (χ1) is 9.58. The highest BCUT2D eigenvalue weighted by atomic mass is 35.5. The van der Waals surface area contributed by atoms with Crippen LogP contribution in [0.3, 0.4) is 0 Å². The molecule has 1 N–H and O–H groups in total. The molecule has 4 heteroatoms. The predicted molar refractivity (Wildman–Crippen MR) is 81.9 cm³/mol. The minimum atomic E-state index is -1.01. The summed E-state index contributed by atoms with van der Waals surface area (Å²) in [5, 5.41) is 10.2. The molecule has 0 amide bonds. The molecule has 0 heterocycles. The number of aliphatic hydroxyl groups is 1. The van der Waals surface area contributed by atoms with Crippen molar-refractivity contribution < 1.29 is 9.84 Å². The largest absolute Gasteiger partial charge is 0.444 e. The highest BCUT2D eigenvalue weighted by Crippen LogP contribution is 2.30. The van der Waals surface area contributed by atoms with Crippen LogP contribution in [0.5, 0.6) is 5.75 Å². The molecule has 0 aliphatic rings. The van der Waals surface area contributed by atoms with Gasteiger partial charge in [-0.15, -0.1) is 0 Å². The van der Waals surface area contributed by atoms with E-state index in [9.17, 15) is 5.11 Å². The number of ether oxygens (including phenoxy) is 1. The number of rotatable bonds is 4. The van der Waals surface area contributed by atoms with E-state index in [1.165, 1.54) is 0 Å². The van der Waals surface area contributed by atoms with Crippen LogP contribution >= 0.6 is 23.2 Å². The lowest BCUT2D eigenvalue weighted by Crippen LogP contribution is -2.02. The van der Waals surface area contributed by atoms with Gasteiger partial charge < -0.3 is 9.84 Å². The van der Waals surface area contributed by atoms with Crippen LogP contribution < -0.4 is 4.74 Å². The summed E-state index contributed by atoms with van der Waals surface area (Å²) in [6, 6.07) is 16.4. The second-order valence-electron chi connectivity index (χ2n) is 4.35. The molecular formula is C16H14Cl2O2. The van der Waals surface area contributed by atoms with E-state index in [4.69, 9.17) is 27.9 Å². The molecule has 2 rings (SSSR count). The number of aliphatic hydroxyl groups excluding tert-OH is 1. The Labute approximate surface area is 128 Å². The summed E-state index contributed by atoms with van der Waals surface area (Å²) >= 11 is 12.1. The third-order valence-electron chi connectivity index (χ3n) is 2.77. The third kappa shape index (κ3) is 3.76. The average Bonchev–Trinajstić information content (AvgIpc) is 2.47. The lowest BCUT2D eigenvalue weighted by molar-refractivity contribution is 0.219. The molecule has 2 aromatic rings. The van der Waals surface area contributed by atoms with E-state index in [1.807, 2.05) is 37.3 Å². The van der Waals surface area contributed by atoms with Gasteiger partial charge in [0.2, 0.25) is 5.22 Å². The van der Waals surface area contributed by atoms with E-state index in [0.29, 0.717) is 11.3 Å². The molecule has 0 spiro atoms. The van der Waals surface area contributed by atoms with Gasteiger partial charge in [-0.25, -0.2) is 0 Å². The zero-order chi connectivity index (χ0) is 14.5. The fourth-order valence-corrected chi connectivity index (χ4v) is 2.00. The second kappa shape index (κ2) is 6.80. The first-order valence-corrected chi connectivity index (χ1v) is 6.86. The standard InChI is InChI=1S/C16H14Cl2O2/c1-11-7-9-12(10-8-11)15(19)14(17)16(18)20-13-5-3-2-4-6-13/h2-10,15,19H,1H3/b16-14-. The van der Waals surface area contributed by atoms with Crippen molar-refractivity contribution in [1.82, 2.24) is 0 Å². The summed E-state index contributed by atoms with van der Waals surface area (Å²) in [6.07, 6.45) is -1.01. The van der Waals surface area contributed by atoms with Crippen molar-refractivity contribution in [3.8, 4) is 5.75 Å². The highest BCUT2D eigenvalue weighted by molar-refractivity contribution is 6.38. The van der Waals surface area contributed by atoms with Gasteiger partial charge in [0.05, 0.1) is 0 Å². The van der Waals surface area contributed by atoms with Gasteiger partial charge in [-0.2, -0.15) is 0 Å². The maximum Gasteiger partial charge on any atom is 0.211 e. The molecule has 2 aromatic carbocycles. The molecule has 20 heavy (non-hydrogen) atoms. The lowest BCUT2D eigenvalue weighted by Gasteiger charge is -2.13. The quantitative estimate of drug-likeness (QED) is 0.826. The lowest BCUT2D eigenvalue weighted by atomic mass is 10.1. The van der Waals surface area contributed by atoms with Gasteiger partial charge in [0.25, 0.3) is 0 Å². The van der Waals surface area contributed by atoms with Gasteiger partial charge in [-0.3, -0.25) is 0 Å². The molecule has 0 radical (unpaired) electrons. The maximum atomic E-state index is 10.2. The molecule has 2 nitrogen and oxygen atoms in total. The summed E-state index contributed by atoms with van der Waals surface area (Å²) in [7, 11) is 0. The average molecular weight is 309 g/mol. The Morgan fingerprint density at radius 1 is 1.00 bits per heavy atom. The van der Waals surface area contributed by atoms with Crippen molar-refractivity contribution in [1.29, 1.82) is 0 Å². The van der Waals surface area contributed by atoms with Gasteiger partial charge in [0.15, 0.2) is 0 Å². The maximum absolute atomic E-state index is 10.2. The van der Waals surface area contributed by atoms with Crippen LogP contribution in [-0.2, 0) is 0 Å². The van der Waals surface area contributed by atoms with Crippen LogP contribution in [0.2, 0.25) is 0 Å². The van der Waals surface area contributed by atoms with Crippen LogP contribution in [0.25, 0.3) is 0 Å². The number of aryl methyl sites for hydroxylation is 1. The van der Waals surface area contributed by atoms with Crippen molar-refractivity contribution >= 4 is 23.2 Å². The van der Waals surface area contributed by atoms with Gasteiger partial charge in [-0.05, 0) is 36.2 Å². The Balaban J connectivity index is 2.17. The van der Waals surface area contributed by atoms with Crippen molar-refractivity contribution in [3.05, 3.63) is 76.0 Å². The van der Waals surface area contributed by atoms with Gasteiger partial charge >= 0.3 is 0 Å². The van der Waals surface area contributed by atoms with E-state index in [2.05, 4.69) is 0 Å². The van der Waals surface area contributed by atoms with Crippen LogP contribution in [0, 0.1) is 6.92 Å². The molecule has 0 fully saturated rings. The molecule has 0 saturated heterocycles. The normalized spacial score (nSPS) is 13.6. The number of para-hydroxylation sites is 1. The molecule has 0 bridgehead atoms. The first kappa shape index (κ1) is 14.9. The number of halogens is 2. The van der Waals surface area contributed by atoms with E-state index in [1.54, 1.807) is 24.3 Å². The predicted octanol–water partition coefficient (Wildman–Crippen LogP) is 4.75. The van der Waals surface area contributed by atoms with Crippen molar-refractivity contribution in [2.75, 3.05) is 0 Å². The van der Waals surface area contributed by atoms with E-state index < -0.39 is 6.10 Å². The summed E-state index contributed by atoms with van der Waals surface area (Å²) in [4.78, 5) is 0. The number of benzene rings is 2. The number of hydrogen-bond donors (Lipinski definition) is 1. The first-order valence-electron chi connectivity index (χ1n) is 6.10. The zero-order valence-electron chi connectivity index (χ0n) is 10.9. The molecular weight excluding hydrogens is 295 g/mol. The fourth-order valence-electron chi connectivity index (χ4n) is 1.64. The Kier molecular flexibility index (Phi) is 5.07. The van der Waals surface area contributed by atoms with Crippen molar-refractivity contribution in [3.63, 3.8) is 0 Å². The zero-order valence-corrected chi connectivity index (χ0v) is 12.4. The van der Waals surface area contributed by atoms with Crippen molar-refractivity contribution in [2.45, 2.75) is 13.0 Å². The van der Waals surface area contributed by atoms with Gasteiger partial charge in [-0.1, -0.05) is 59.6 Å². The molecule has 104 valence electrons. The molecule has 0 aliphatic carbocycles. The molecule has 0 aromatic heterocycles. The minimum absolute atomic E-state index is 0.0362. The minimum Gasteiger partial charge on any atom is -0.444 e. The van der Waals surface area contributed by atoms with Gasteiger partial charge in [0.1, 0.15) is 16.9 Å². The van der Waals surface area contributed by atoms with Crippen molar-refractivity contribution in [2.24, 2.45) is 0 Å². The second-order valence-corrected chi connectivity index (χ2v) is 5.10. The van der Waals surface area contributed by atoms with E-state index in [-0.39, 0.29) is 10.3 Å². The monoisotopic (exact) mass is 308 g/mol. The Morgan fingerprint density at radius 3 is 2.20 bits per heavy atom. The molecule has 1 unspecified atom stereocenters. The van der Waals surface area contributed by atoms with Crippen LogP contribution in [-0.4, -0.2) is 5.11 Å².